The van der Waals surface area contributed by atoms with E-state index in [0.29, 0.717) is 17.7 Å². The lowest BCUT2D eigenvalue weighted by atomic mass is 9.54. The molecule has 4 nitrogen and oxygen atoms in total. The maximum Gasteiger partial charge on any atom is 0.317 e. The van der Waals surface area contributed by atoms with Crippen molar-refractivity contribution in [1.82, 2.24) is 0 Å². The highest BCUT2D eigenvalue weighted by molar-refractivity contribution is 6.12. The summed E-state index contributed by atoms with van der Waals surface area (Å²) in [6.45, 7) is 0. The van der Waals surface area contributed by atoms with Crippen LogP contribution in [0.4, 0.5) is 0 Å². The highest BCUT2D eigenvalue weighted by Gasteiger charge is 2.54. The highest BCUT2D eigenvalue weighted by atomic mass is 16.6. The number of Topliss-reactive ketones (excluding diaryl/α,β-unsaturated/α-hetero) is 1. The van der Waals surface area contributed by atoms with Crippen molar-refractivity contribution in [3.8, 4) is 5.75 Å². The first-order chi connectivity index (χ1) is 12.1. The molecule has 1 aromatic carbocycles. The van der Waals surface area contributed by atoms with E-state index < -0.39 is 5.92 Å². The Kier molecular flexibility index (Phi) is 3.28. The van der Waals surface area contributed by atoms with Gasteiger partial charge in [0, 0.05) is 11.1 Å². The van der Waals surface area contributed by atoms with E-state index in [2.05, 4.69) is 0 Å². The molecule has 0 heterocycles. The first-order valence-electron chi connectivity index (χ1n) is 9.50. The molecule has 1 atom stereocenters. The molecule has 0 saturated heterocycles. The molecule has 4 saturated carbocycles. The maximum atomic E-state index is 12.9. The molecular weight excluding hydrogens is 316 g/mol. The predicted molar refractivity (Wildman–Crippen MR) is 91.5 cm³/mol. The van der Waals surface area contributed by atoms with Crippen molar-refractivity contribution >= 4 is 11.8 Å². The summed E-state index contributed by atoms with van der Waals surface area (Å²) in [6, 6.07) is 5.44. The van der Waals surface area contributed by atoms with Gasteiger partial charge in [-0.15, -0.1) is 0 Å². The predicted octanol–water partition coefficient (Wildman–Crippen LogP) is 3.56. The van der Waals surface area contributed by atoms with Crippen molar-refractivity contribution in [2.75, 3.05) is 7.11 Å². The van der Waals surface area contributed by atoms with Gasteiger partial charge in [0.2, 0.25) is 0 Å². The molecule has 0 amide bonds. The Labute approximate surface area is 147 Å². The number of fused-ring (bicyclic) bond motifs is 1. The van der Waals surface area contributed by atoms with Crippen LogP contribution in [-0.4, -0.2) is 24.5 Å². The van der Waals surface area contributed by atoms with E-state index in [1.807, 2.05) is 12.1 Å². The van der Waals surface area contributed by atoms with Gasteiger partial charge in [-0.1, -0.05) is 12.1 Å². The number of ketones is 1. The lowest BCUT2D eigenvalue weighted by Gasteiger charge is -2.55. The van der Waals surface area contributed by atoms with Crippen LogP contribution in [0.15, 0.2) is 18.2 Å². The van der Waals surface area contributed by atoms with Gasteiger partial charge >= 0.3 is 5.97 Å². The Morgan fingerprint density at radius 2 is 1.72 bits per heavy atom. The molecule has 132 valence electrons. The topological polar surface area (TPSA) is 52.6 Å². The first-order valence-corrected chi connectivity index (χ1v) is 9.50. The van der Waals surface area contributed by atoms with Crippen LogP contribution in [0.2, 0.25) is 0 Å². The standard InChI is InChI=1S/C21H24O4/c1-24-18-4-2-3-15-16(18)8-17(19(15)22)20(23)25-21-9-12-5-13(10-21)7-14(6-12)11-21/h2-4,12-14,17H,5-11H2,1H3. The molecule has 6 rings (SSSR count). The van der Waals surface area contributed by atoms with Gasteiger partial charge in [0.25, 0.3) is 0 Å². The zero-order chi connectivity index (χ0) is 17.2. The fraction of sp³-hybridized carbons (Fsp3) is 0.619. The van der Waals surface area contributed by atoms with E-state index in [1.54, 1.807) is 13.2 Å². The summed E-state index contributed by atoms with van der Waals surface area (Å²) in [5.74, 6) is 1.73. The third kappa shape index (κ3) is 2.33. The van der Waals surface area contributed by atoms with Crippen molar-refractivity contribution in [2.45, 2.75) is 50.5 Å². The van der Waals surface area contributed by atoms with Gasteiger partial charge in [0.05, 0.1) is 7.11 Å². The minimum Gasteiger partial charge on any atom is -0.496 e. The normalized spacial score (nSPS) is 37.9. The van der Waals surface area contributed by atoms with Crippen LogP contribution in [0.25, 0.3) is 0 Å². The number of benzene rings is 1. The minimum atomic E-state index is -0.695. The van der Waals surface area contributed by atoms with Crippen LogP contribution >= 0.6 is 0 Å². The van der Waals surface area contributed by atoms with Crippen molar-refractivity contribution in [3.63, 3.8) is 0 Å². The summed E-state index contributed by atoms with van der Waals surface area (Å²) in [4.78, 5) is 25.7. The summed E-state index contributed by atoms with van der Waals surface area (Å²) < 4.78 is 11.5. The van der Waals surface area contributed by atoms with E-state index in [-0.39, 0.29) is 17.4 Å². The second-order valence-electron chi connectivity index (χ2n) is 8.63. The van der Waals surface area contributed by atoms with Gasteiger partial charge in [-0.3, -0.25) is 9.59 Å². The quantitative estimate of drug-likeness (QED) is 0.624. The number of methoxy groups -OCH3 is 1. The second-order valence-corrected chi connectivity index (χ2v) is 8.63. The van der Waals surface area contributed by atoms with Gasteiger partial charge in [-0.2, -0.15) is 0 Å². The van der Waals surface area contributed by atoms with Crippen molar-refractivity contribution in [2.24, 2.45) is 23.7 Å². The number of carbonyl (C=O) groups excluding carboxylic acids is 2. The molecule has 5 aliphatic carbocycles. The molecule has 25 heavy (non-hydrogen) atoms. The van der Waals surface area contributed by atoms with Gasteiger partial charge in [-0.05, 0) is 68.8 Å². The van der Waals surface area contributed by atoms with Crippen LogP contribution < -0.4 is 4.74 Å². The third-order valence-electron chi connectivity index (χ3n) is 6.93. The summed E-state index contributed by atoms with van der Waals surface area (Å²) >= 11 is 0. The Bertz CT molecular complexity index is 715. The lowest BCUT2D eigenvalue weighted by Crippen LogP contribution is -2.53. The summed E-state index contributed by atoms with van der Waals surface area (Å²) in [5, 5.41) is 0. The molecule has 1 unspecified atom stereocenters. The molecule has 0 spiro atoms. The van der Waals surface area contributed by atoms with Gasteiger partial charge in [0.15, 0.2) is 5.78 Å². The molecule has 0 radical (unpaired) electrons. The summed E-state index contributed by atoms with van der Waals surface area (Å²) in [5.41, 5.74) is 1.18. The van der Waals surface area contributed by atoms with Gasteiger partial charge in [0.1, 0.15) is 17.3 Å². The Balaban J connectivity index is 1.37. The smallest absolute Gasteiger partial charge is 0.317 e. The molecule has 5 aliphatic rings. The van der Waals surface area contributed by atoms with Crippen LogP contribution in [0, 0.1) is 23.7 Å². The Morgan fingerprint density at radius 1 is 1.08 bits per heavy atom. The average Bonchev–Trinajstić information content (AvgIpc) is 2.90. The molecule has 4 heteroatoms. The van der Waals surface area contributed by atoms with Crippen molar-refractivity contribution < 1.29 is 19.1 Å². The third-order valence-corrected chi connectivity index (χ3v) is 6.93. The fourth-order valence-electron chi connectivity index (χ4n) is 6.31. The van der Waals surface area contributed by atoms with Gasteiger partial charge in [-0.25, -0.2) is 0 Å². The molecule has 4 bridgehead atoms. The molecule has 0 aliphatic heterocycles. The molecule has 4 fully saturated rings. The van der Waals surface area contributed by atoms with Crippen LogP contribution in [-0.2, 0) is 16.0 Å². The molecule has 1 aromatic rings. The maximum absolute atomic E-state index is 12.9. The zero-order valence-electron chi connectivity index (χ0n) is 14.6. The van der Waals surface area contributed by atoms with Crippen molar-refractivity contribution in [1.29, 1.82) is 0 Å². The number of hydrogen-bond acceptors (Lipinski definition) is 4. The second kappa shape index (κ2) is 5.33. The van der Waals surface area contributed by atoms with Gasteiger partial charge < -0.3 is 9.47 Å². The SMILES string of the molecule is COc1cccc2c1CC(C(=O)OC13CC4CC(CC(C4)C1)C3)C2=O. The van der Waals surface area contributed by atoms with Crippen molar-refractivity contribution in [3.05, 3.63) is 29.3 Å². The minimum absolute atomic E-state index is 0.108. The van der Waals surface area contributed by atoms with E-state index in [0.717, 1.165) is 42.6 Å². The largest absolute Gasteiger partial charge is 0.496 e. The highest BCUT2D eigenvalue weighted by Crippen LogP contribution is 2.57. The number of esters is 1. The molecule has 0 N–H and O–H groups in total. The van der Waals surface area contributed by atoms with Crippen LogP contribution in [0.3, 0.4) is 0 Å². The number of ether oxygens (including phenoxy) is 2. The zero-order valence-corrected chi connectivity index (χ0v) is 14.6. The van der Waals surface area contributed by atoms with E-state index in [1.165, 1.54) is 19.3 Å². The molecular formula is C21H24O4. The first kappa shape index (κ1) is 15.4. The number of rotatable bonds is 3. The Hall–Kier alpha value is -1.84. The fourth-order valence-corrected chi connectivity index (χ4v) is 6.31. The van der Waals surface area contributed by atoms with Crippen LogP contribution in [0.5, 0.6) is 5.75 Å². The summed E-state index contributed by atoms with van der Waals surface area (Å²) in [6.07, 6.45) is 7.33. The summed E-state index contributed by atoms with van der Waals surface area (Å²) in [7, 11) is 1.60. The van der Waals surface area contributed by atoms with E-state index in [4.69, 9.17) is 9.47 Å². The number of carbonyl (C=O) groups is 2. The van der Waals surface area contributed by atoms with Crippen LogP contribution in [0.1, 0.15) is 54.4 Å². The lowest BCUT2D eigenvalue weighted by molar-refractivity contribution is -0.189. The number of hydrogen-bond donors (Lipinski definition) is 0. The van der Waals surface area contributed by atoms with E-state index in [9.17, 15) is 9.59 Å². The molecule has 0 aromatic heterocycles. The Morgan fingerprint density at radius 3 is 2.32 bits per heavy atom. The van der Waals surface area contributed by atoms with E-state index >= 15 is 0 Å². The average molecular weight is 340 g/mol. The monoisotopic (exact) mass is 340 g/mol.